The van der Waals surface area contributed by atoms with Crippen LogP contribution in [0.4, 0.5) is 0 Å². The van der Waals surface area contributed by atoms with Crippen molar-refractivity contribution < 1.29 is 9.53 Å². The van der Waals surface area contributed by atoms with Crippen LogP contribution in [-0.2, 0) is 6.54 Å². The van der Waals surface area contributed by atoms with E-state index in [-0.39, 0.29) is 0 Å². The van der Waals surface area contributed by atoms with Gasteiger partial charge in [-0.25, -0.2) is 0 Å². The van der Waals surface area contributed by atoms with Crippen LogP contribution in [0, 0.1) is 0 Å². The van der Waals surface area contributed by atoms with Gasteiger partial charge in [0.05, 0.1) is 4.88 Å². The number of unbranched alkanes of at least 4 members (excludes halogenated alkanes) is 2. The van der Waals surface area contributed by atoms with Crippen molar-refractivity contribution in [3.8, 4) is 10.9 Å². The second-order valence-electron chi connectivity index (χ2n) is 5.07. The largest absolute Gasteiger partial charge is 0.431 e. The number of carbonyl (C=O) groups is 1. The number of hydrogen-bond acceptors (Lipinski definition) is 5. The van der Waals surface area contributed by atoms with Gasteiger partial charge in [-0.2, -0.15) is 4.98 Å². The van der Waals surface area contributed by atoms with E-state index in [9.17, 15) is 4.79 Å². The van der Waals surface area contributed by atoms with Gasteiger partial charge >= 0.3 is 0 Å². The molecular formula is C16H20ClN3O2S. The van der Waals surface area contributed by atoms with Crippen LogP contribution in [0.2, 0.25) is 5.15 Å². The quantitative estimate of drug-likeness (QED) is 0.669. The van der Waals surface area contributed by atoms with Crippen molar-refractivity contribution in [1.82, 2.24) is 10.3 Å². The summed E-state index contributed by atoms with van der Waals surface area (Å²) in [6.07, 6.45) is 3.58. The molecule has 5 nitrogen and oxygen atoms in total. The number of ether oxygens (including phenoxy) is 1. The van der Waals surface area contributed by atoms with E-state index in [0.717, 1.165) is 17.8 Å². The van der Waals surface area contributed by atoms with Crippen LogP contribution in [0.15, 0.2) is 24.3 Å². The van der Waals surface area contributed by atoms with E-state index in [1.165, 1.54) is 24.2 Å². The third-order valence-electron chi connectivity index (χ3n) is 3.22. The Morgan fingerprint density at radius 1 is 1.35 bits per heavy atom. The maximum atomic E-state index is 11.0. The molecule has 0 fully saturated rings. The Hall–Kier alpha value is -1.63. The van der Waals surface area contributed by atoms with Crippen LogP contribution >= 0.6 is 22.9 Å². The molecule has 7 heteroatoms. The number of aromatic nitrogens is 1. The summed E-state index contributed by atoms with van der Waals surface area (Å²) in [4.78, 5) is 16.2. The lowest BCUT2D eigenvalue weighted by molar-refractivity contribution is 0.100. The normalized spacial score (nSPS) is 10.7. The van der Waals surface area contributed by atoms with Gasteiger partial charge in [-0.3, -0.25) is 4.79 Å². The summed E-state index contributed by atoms with van der Waals surface area (Å²) in [5.41, 5.74) is 5.64. The van der Waals surface area contributed by atoms with Crippen molar-refractivity contribution in [3.05, 3.63) is 39.9 Å². The van der Waals surface area contributed by atoms with Crippen LogP contribution in [0.5, 0.6) is 10.9 Å². The summed E-state index contributed by atoms with van der Waals surface area (Å²) >= 11 is 7.55. The van der Waals surface area contributed by atoms with E-state index in [0.29, 0.717) is 28.2 Å². The Labute approximate surface area is 144 Å². The molecule has 0 saturated heterocycles. The topological polar surface area (TPSA) is 77.2 Å². The minimum atomic E-state index is -0.467. The first-order valence-electron chi connectivity index (χ1n) is 7.53. The van der Waals surface area contributed by atoms with Gasteiger partial charge < -0.3 is 15.8 Å². The molecule has 1 heterocycles. The van der Waals surface area contributed by atoms with E-state index in [4.69, 9.17) is 22.1 Å². The van der Waals surface area contributed by atoms with Crippen LogP contribution in [0.1, 0.15) is 41.4 Å². The minimum Gasteiger partial charge on any atom is -0.431 e. The molecule has 0 aliphatic heterocycles. The highest BCUT2D eigenvalue weighted by Gasteiger charge is 2.11. The first kappa shape index (κ1) is 17.7. The molecule has 0 aliphatic carbocycles. The zero-order valence-electron chi connectivity index (χ0n) is 13.0. The lowest BCUT2D eigenvalue weighted by Crippen LogP contribution is -2.13. The zero-order chi connectivity index (χ0) is 16.7. The molecule has 1 aromatic heterocycles. The second kappa shape index (κ2) is 8.86. The predicted molar refractivity (Wildman–Crippen MR) is 93.4 cm³/mol. The van der Waals surface area contributed by atoms with Gasteiger partial charge in [0, 0.05) is 12.1 Å². The first-order chi connectivity index (χ1) is 11.1. The molecule has 1 aromatic carbocycles. The summed E-state index contributed by atoms with van der Waals surface area (Å²) in [5.74, 6) is 0.119. The van der Waals surface area contributed by atoms with Gasteiger partial charge in [-0.15, -0.1) is 0 Å². The van der Waals surface area contributed by atoms with E-state index in [2.05, 4.69) is 17.2 Å². The number of nitrogens with one attached hydrogen (secondary N) is 1. The van der Waals surface area contributed by atoms with Crippen LogP contribution in [-0.4, -0.2) is 17.4 Å². The van der Waals surface area contributed by atoms with Gasteiger partial charge in [0.25, 0.3) is 5.19 Å². The minimum absolute atomic E-state index is 0.437. The Morgan fingerprint density at radius 3 is 2.74 bits per heavy atom. The molecule has 124 valence electrons. The van der Waals surface area contributed by atoms with Gasteiger partial charge in [0.15, 0.2) is 0 Å². The van der Waals surface area contributed by atoms with Crippen molar-refractivity contribution in [2.75, 3.05) is 6.54 Å². The number of carbonyl (C=O) groups excluding carboxylic acids is 1. The molecule has 0 bridgehead atoms. The highest BCUT2D eigenvalue weighted by Crippen LogP contribution is 2.32. The molecule has 0 unspecified atom stereocenters. The fourth-order valence-corrected chi connectivity index (χ4v) is 3.05. The molecule has 2 aromatic rings. The number of benzene rings is 1. The van der Waals surface area contributed by atoms with Crippen LogP contribution in [0.25, 0.3) is 0 Å². The number of thiazole rings is 1. The maximum absolute atomic E-state index is 11.0. The van der Waals surface area contributed by atoms with Crippen molar-refractivity contribution >= 4 is 28.8 Å². The number of primary amides is 1. The van der Waals surface area contributed by atoms with Crippen molar-refractivity contribution in [2.24, 2.45) is 5.73 Å². The first-order valence-corrected chi connectivity index (χ1v) is 8.73. The fourth-order valence-electron chi connectivity index (χ4n) is 1.96. The average molecular weight is 354 g/mol. The standard InChI is InChI=1S/C16H20ClN3O2S/c1-2-3-4-9-19-10-13-14(17)20-16(23-13)22-12-7-5-11(6-8-12)15(18)21/h5-8,19H,2-4,9-10H2,1H3,(H2,18,21). The molecular weight excluding hydrogens is 334 g/mol. The highest BCUT2D eigenvalue weighted by atomic mass is 35.5. The molecule has 2 rings (SSSR count). The van der Waals surface area contributed by atoms with Crippen LogP contribution < -0.4 is 15.8 Å². The molecule has 23 heavy (non-hydrogen) atoms. The summed E-state index contributed by atoms with van der Waals surface area (Å²) in [6, 6.07) is 6.59. The van der Waals surface area contributed by atoms with Gasteiger partial charge in [-0.05, 0) is 37.2 Å². The molecule has 0 spiro atoms. The summed E-state index contributed by atoms with van der Waals surface area (Å²) < 4.78 is 5.66. The van der Waals surface area contributed by atoms with Crippen molar-refractivity contribution in [2.45, 2.75) is 32.7 Å². The summed E-state index contributed by atoms with van der Waals surface area (Å²) in [7, 11) is 0. The predicted octanol–water partition coefficient (Wildman–Crippen LogP) is 3.97. The molecule has 0 radical (unpaired) electrons. The second-order valence-corrected chi connectivity index (χ2v) is 6.47. The molecule has 0 saturated carbocycles. The summed E-state index contributed by atoms with van der Waals surface area (Å²) in [6.45, 7) is 3.83. The number of amides is 1. The molecule has 3 N–H and O–H groups in total. The third-order valence-corrected chi connectivity index (χ3v) is 4.57. The number of halogens is 1. The van der Waals surface area contributed by atoms with Gasteiger partial charge in [-0.1, -0.05) is 42.7 Å². The Bertz CT molecular complexity index is 643. The Balaban J connectivity index is 1.91. The third kappa shape index (κ3) is 5.49. The van der Waals surface area contributed by atoms with Gasteiger partial charge in [0.2, 0.25) is 5.91 Å². The monoisotopic (exact) mass is 353 g/mol. The molecule has 0 atom stereocenters. The SMILES string of the molecule is CCCCCNCc1sc(Oc2ccc(C(N)=O)cc2)nc1Cl. The highest BCUT2D eigenvalue weighted by molar-refractivity contribution is 7.14. The van der Waals surface area contributed by atoms with Crippen LogP contribution in [0.3, 0.4) is 0 Å². The van der Waals surface area contributed by atoms with E-state index < -0.39 is 5.91 Å². The number of nitrogens with two attached hydrogens (primary N) is 1. The van der Waals surface area contributed by atoms with E-state index >= 15 is 0 Å². The number of rotatable bonds is 9. The smallest absolute Gasteiger partial charge is 0.280 e. The lowest BCUT2D eigenvalue weighted by atomic mass is 10.2. The number of hydrogen-bond donors (Lipinski definition) is 2. The van der Waals surface area contributed by atoms with Crippen molar-refractivity contribution in [3.63, 3.8) is 0 Å². The summed E-state index contributed by atoms with van der Waals surface area (Å²) in [5, 5.41) is 4.29. The van der Waals surface area contributed by atoms with E-state index in [1.54, 1.807) is 24.3 Å². The lowest BCUT2D eigenvalue weighted by Gasteiger charge is -2.02. The Kier molecular flexibility index (Phi) is 6.83. The number of nitrogens with zero attached hydrogens (tertiary/aromatic N) is 1. The molecule has 0 aliphatic rings. The molecule has 1 amide bonds. The average Bonchev–Trinajstić information content (AvgIpc) is 2.87. The van der Waals surface area contributed by atoms with Gasteiger partial charge in [0.1, 0.15) is 10.9 Å². The maximum Gasteiger partial charge on any atom is 0.280 e. The Morgan fingerprint density at radius 2 is 2.09 bits per heavy atom. The van der Waals surface area contributed by atoms with Crippen molar-refractivity contribution in [1.29, 1.82) is 0 Å². The van der Waals surface area contributed by atoms with E-state index in [1.807, 2.05) is 0 Å². The zero-order valence-corrected chi connectivity index (χ0v) is 14.5. The fraction of sp³-hybridized carbons (Fsp3) is 0.375.